The number of hydrogen-bond donors (Lipinski definition) is 4. The number of alkyl halides is 3. The number of benzene rings is 1. The number of carbonyl (C=O) groups is 2. The molecule has 1 saturated carbocycles. The normalized spacial score (nSPS) is 24.7. The standard InChI is InChI=1S/C18H23F3N4O2/c1-10(11-5-7-12(8-6-11)18(19,20)21)22-16(27)14-9-15(26)25-17(24-14)23-13-3-2-4-13/h5-8,10,13-14,17,23-24H,2-4,9H2,1H3,(H,22,27)(H,25,26)/t10-,14?,17?/m1/s1. The Morgan fingerprint density at radius 3 is 2.44 bits per heavy atom. The van der Waals surface area contributed by atoms with Crippen LogP contribution in [-0.4, -0.2) is 30.2 Å². The van der Waals surface area contributed by atoms with Gasteiger partial charge in [-0.2, -0.15) is 13.2 Å². The van der Waals surface area contributed by atoms with Crippen LogP contribution in [0.15, 0.2) is 24.3 Å². The third-order valence-electron chi connectivity index (χ3n) is 4.98. The highest BCUT2D eigenvalue weighted by Gasteiger charge is 2.33. The number of halogens is 3. The molecular formula is C18H23F3N4O2. The predicted octanol–water partition coefficient (Wildman–Crippen LogP) is 1.79. The monoisotopic (exact) mass is 384 g/mol. The van der Waals surface area contributed by atoms with Crippen molar-refractivity contribution in [1.29, 1.82) is 0 Å². The first-order chi connectivity index (χ1) is 12.7. The zero-order valence-electron chi connectivity index (χ0n) is 14.9. The van der Waals surface area contributed by atoms with Gasteiger partial charge in [0.1, 0.15) is 6.29 Å². The molecular weight excluding hydrogens is 361 g/mol. The number of amides is 2. The van der Waals surface area contributed by atoms with Crippen molar-refractivity contribution in [3.05, 3.63) is 35.4 Å². The molecule has 1 aliphatic carbocycles. The molecule has 1 aromatic carbocycles. The van der Waals surface area contributed by atoms with Gasteiger partial charge in [0.25, 0.3) is 0 Å². The third-order valence-corrected chi connectivity index (χ3v) is 4.98. The summed E-state index contributed by atoms with van der Waals surface area (Å²) in [6.07, 6.45) is -1.63. The molecule has 3 atom stereocenters. The summed E-state index contributed by atoms with van der Waals surface area (Å²) in [5, 5.41) is 11.8. The highest BCUT2D eigenvalue weighted by atomic mass is 19.4. The van der Waals surface area contributed by atoms with Crippen LogP contribution in [0.25, 0.3) is 0 Å². The number of rotatable bonds is 5. The van der Waals surface area contributed by atoms with Crippen molar-refractivity contribution < 1.29 is 22.8 Å². The molecule has 2 unspecified atom stereocenters. The van der Waals surface area contributed by atoms with Crippen molar-refractivity contribution in [3.63, 3.8) is 0 Å². The maximum Gasteiger partial charge on any atom is 0.416 e. The summed E-state index contributed by atoms with van der Waals surface area (Å²) in [5.41, 5.74) is -0.180. The Kier molecular flexibility index (Phi) is 5.71. The second-order valence-electron chi connectivity index (χ2n) is 7.07. The van der Waals surface area contributed by atoms with Crippen molar-refractivity contribution in [2.24, 2.45) is 0 Å². The van der Waals surface area contributed by atoms with Crippen LogP contribution in [0.5, 0.6) is 0 Å². The van der Waals surface area contributed by atoms with Crippen LogP contribution >= 0.6 is 0 Å². The van der Waals surface area contributed by atoms with Gasteiger partial charge in [0.15, 0.2) is 0 Å². The quantitative estimate of drug-likeness (QED) is 0.624. The number of carbonyl (C=O) groups excluding carboxylic acids is 2. The molecule has 3 rings (SSSR count). The summed E-state index contributed by atoms with van der Waals surface area (Å²) in [4.78, 5) is 24.4. The third kappa shape index (κ3) is 4.98. The number of nitrogens with one attached hydrogen (secondary N) is 4. The van der Waals surface area contributed by atoms with E-state index in [1.165, 1.54) is 12.1 Å². The minimum absolute atomic E-state index is 0.00834. The van der Waals surface area contributed by atoms with E-state index >= 15 is 0 Å². The Morgan fingerprint density at radius 2 is 1.89 bits per heavy atom. The first-order valence-corrected chi connectivity index (χ1v) is 9.01. The van der Waals surface area contributed by atoms with Crippen LogP contribution < -0.4 is 21.3 Å². The minimum atomic E-state index is -4.40. The molecule has 0 radical (unpaired) electrons. The maximum atomic E-state index is 12.6. The van der Waals surface area contributed by atoms with E-state index < -0.39 is 30.1 Å². The van der Waals surface area contributed by atoms with Gasteiger partial charge in [0, 0.05) is 6.04 Å². The Balaban J connectivity index is 1.57. The summed E-state index contributed by atoms with van der Waals surface area (Å²) in [5.74, 6) is -0.592. The topological polar surface area (TPSA) is 82.3 Å². The van der Waals surface area contributed by atoms with Crippen molar-refractivity contribution in [2.75, 3.05) is 0 Å². The summed E-state index contributed by atoms with van der Waals surface area (Å²) in [7, 11) is 0. The summed E-state index contributed by atoms with van der Waals surface area (Å²) < 4.78 is 37.9. The predicted molar refractivity (Wildman–Crippen MR) is 92.2 cm³/mol. The lowest BCUT2D eigenvalue weighted by Crippen LogP contribution is -2.67. The summed E-state index contributed by atoms with van der Waals surface area (Å²) in [6.45, 7) is 1.69. The zero-order chi connectivity index (χ0) is 19.6. The van der Waals surface area contributed by atoms with Crippen LogP contribution in [0.4, 0.5) is 13.2 Å². The van der Waals surface area contributed by atoms with E-state index in [9.17, 15) is 22.8 Å². The SMILES string of the molecule is C[C@@H](NC(=O)C1CC(=O)NC(NC2CCC2)N1)c1ccc(C(F)(F)F)cc1. The molecule has 9 heteroatoms. The zero-order valence-corrected chi connectivity index (χ0v) is 14.9. The van der Waals surface area contributed by atoms with E-state index in [2.05, 4.69) is 21.3 Å². The Hall–Kier alpha value is -2.13. The molecule has 0 bridgehead atoms. The van der Waals surface area contributed by atoms with Gasteiger partial charge in [-0.25, -0.2) is 0 Å². The van der Waals surface area contributed by atoms with E-state index in [1.807, 2.05) is 0 Å². The van der Waals surface area contributed by atoms with Crippen LogP contribution in [0, 0.1) is 0 Å². The molecule has 2 amide bonds. The molecule has 2 aliphatic rings. The molecule has 1 heterocycles. The second kappa shape index (κ2) is 7.85. The highest BCUT2D eigenvalue weighted by molar-refractivity contribution is 5.89. The molecule has 0 aromatic heterocycles. The average molecular weight is 384 g/mol. The van der Waals surface area contributed by atoms with Gasteiger partial charge in [-0.1, -0.05) is 18.6 Å². The van der Waals surface area contributed by atoms with Crippen molar-refractivity contribution >= 4 is 11.8 Å². The first kappa shape index (κ1) is 19.6. The van der Waals surface area contributed by atoms with Crippen molar-refractivity contribution in [2.45, 2.75) is 63.2 Å². The van der Waals surface area contributed by atoms with Crippen LogP contribution in [-0.2, 0) is 15.8 Å². The smallest absolute Gasteiger partial charge is 0.348 e. The Bertz CT molecular complexity index is 689. The van der Waals surface area contributed by atoms with Crippen LogP contribution in [0.1, 0.15) is 49.8 Å². The molecule has 0 spiro atoms. The molecule has 1 saturated heterocycles. The van der Waals surface area contributed by atoms with Gasteiger partial charge in [0.05, 0.1) is 24.1 Å². The Labute approximate surface area is 155 Å². The van der Waals surface area contributed by atoms with Crippen molar-refractivity contribution in [1.82, 2.24) is 21.3 Å². The van der Waals surface area contributed by atoms with Crippen LogP contribution in [0.3, 0.4) is 0 Å². The highest BCUT2D eigenvalue weighted by Crippen LogP contribution is 2.29. The van der Waals surface area contributed by atoms with Gasteiger partial charge in [-0.05, 0) is 37.5 Å². The molecule has 1 aromatic rings. The molecule has 148 valence electrons. The lowest BCUT2D eigenvalue weighted by molar-refractivity contribution is -0.137. The summed E-state index contributed by atoms with van der Waals surface area (Å²) in [6, 6.07) is 3.81. The number of hydrogen-bond acceptors (Lipinski definition) is 4. The lowest BCUT2D eigenvalue weighted by Gasteiger charge is -2.37. The van der Waals surface area contributed by atoms with Gasteiger partial charge in [-0.3, -0.25) is 20.2 Å². The molecule has 27 heavy (non-hydrogen) atoms. The average Bonchev–Trinajstić information content (AvgIpc) is 2.57. The van der Waals surface area contributed by atoms with Gasteiger partial charge in [0.2, 0.25) is 11.8 Å². The van der Waals surface area contributed by atoms with Gasteiger partial charge in [-0.15, -0.1) is 0 Å². The summed E-state index contributed by atoms with van der Waals surface area (Å²) >= 11 is 0. The fraction of sp³-hybridized carbons (Fsp3) is 0.556. The van der Waals surface area contributed by atoms with E-state index in [-0.39, 0.29) is 18.2 Å². The van der Waals surface area contributed by atoms with E-state index in [4.69, 9.17) is 0 Å². The molecule has 4 N–H and O–H groups in total. The fourth-order valence-corrected chi connectivity index (χ4v) is 3.13. The molecule has 6 nitrogen and oxygen atoms in total. The van der Waals surface area contributed by atoms with Crippen molar-refractivity contribution in [3.8, 4) is 0 Å². The van der Waals surface area contributed by atoms with E-state index in [0.717, 1.165) is 31.4 Å². The van der Waals surface area contributed by atoms with Crippen LogP contribution in [0.2, 0.25) is 0 Å². The van der Waals surface area contributed by atoms with E-state index in [0.29, 0.717) is 11.6 Å². The second-order valence-corrected chi connectivity index (χ2v) is 7.07. The van der Waals surface area contributed by atoms with E-state index in [1.54, 1.807) is 6.92 Å². The molecule has 2 fully saturated rings. The fourth-order valence-electron chi connectivity index (χ4n) is 3.13. The van der Waals surface area contributed by atoms with Gasteiger partial charge >= 0.3 is 6.18 Å². The van der Waals surface area contributed by atoms with Gasteiger partial charge < -0.3 is 10.6 Å². The first-order valence-electron chi connectivity index (χ1n) is 9.01. The largest absolute Gasteiger partial charge is 0.416 e. The Morgan fingerprint density at radius 1 is 1.22 bits per heavy atom. The maximum absolute atomic E-state index is 12.6. The lowest BCUT2D eigenvalue weighted by atomic mass is 9.93. The minimum Gasteiger partial charge on any atom is -0.348 e. The molecule has 1 aliphatic heterocycles.